The summed E-state index contributed by atoms with van der Waals surface area (Å²) in [6, 6.07) is 13.6. The van der Waals surface area contributed by atoms with Crippen LogP contribution >= 0.6 is 23.2 Å². The van der Waals surface area contributed by atoms with Crippen molar-refractivity contribution in [1.29, 1.82) is 0 Å². The number of carbonyl (C=O) groups is 2. The van der Waals surface area contributed by atoms with Gasteiger partial charge < -0.3 is 19.7 Å². The van der Waals surface area contributed by atoms with Crippen molar-refractivity contribution < 1.29 is 27.5 Å². The molecule has 0 fully saturated rings. The third-order valence-electron chi connectivity index (χ3n) is 7.18. The Morgan fingerprint density at radius 1 is 0.911 bits per heavy atom. The molecule has 0 aliphatic carbocycles. The summed E-state index contributed by atoms with van der Waals surface area (Å²) < 4.78 is 40.4. The number of ether oxygens (including phenoxy) is 2. The van der Waals surface area contributed by atoms with Gasteiger partial charge in [-0.1, -0.05) is 56.1 Å². The van der Waals surface area contributed by atoms with Gasteiger partial charge in [0, 0.05) is 34.8 Å². The van der Waals surface area contributed by atoms with Crippen LogP contribution < -0.4 is 19.1 Å². The van der Waals surface area contributed by atoms with Crippen LogP contribution in [0.25, 0.3) is 0 Å². The summed E-state index contributed by atoms with van der Waals surface area (Å²) in [5.74, 6) is -0.218. The normalized spacial score (nSPS) is 12.0. The maximum Gasteiger partial charge on any atom is 0.264 e. The first-order valence-electron chi connectivity index (χ1n) is 14.6. The number of nitrogens with one attached hydrogen (secondary N) is 1. The molecule has 0 unspecified atom stereocenters. The Morgan fingerprint density at radius 2 is 1.51 bits per heavy atom. The van der Waals surface area contributed by atoms with Gasteiger partial charge in [-0.3, -0.25) is 13.9 Å². The number of methoxy groups -OCH3 is 2. The lowest BCUT2D eigenvalue weighted by atomic mass is 10.1. The van der Waals surface area contributed by atoms with Crippen molar-refractivity contribution in [3.63, 3.8) is 0 Å². The highest BCUT2D eigenvalue weighted by molar-refractivity contribution is 7.92. The van der Waals surface area contributed by atoms with Crippen LogP contribution in [-0.2, 0) is 26.2 Å². The molecule has 3 aromatic carbocycles. The predicted octanol–water partition coefficient (Wildman–Crippen LogP) is 6.40. The summed E-state index contributed by atoms with van der Waals surface area (Å²) >= 11 is 13.0. The van der Waals surface area contributed by atoms with Gasteiger partial charge in [0.05, 0.1) is 24.8 Å². The van der Waals surface area contributed by atoms with Crippen LogP contribution in [-0.4, -0.2) is 58.5 Å². The average Bonchev–Trinajstić information content (AvgIpc) is 2.98. The Morgan fingerprint density at radius 3 is 2.04 bits per heavy atom. The fourth-order valence-electron chi connectivity index (χ4n) is 4.92. The molecule has 0 heterocycles. The molecule has 1 N–H and O–H groups in total. The highest BCUT2D eigenvalue weighted by atomic mass is 35.5. The Hall–Kier alpha value is -3.47. The molecule has 9 nitrogen and oxygen atoms in total. The first-order chi connectivity index (χ1) is 21.2. The molecular weight excluding hydrogens is 637 g/mol. The van der Waals surface area contributed by atoms with Crippen molar-refractivity contribution in [2.45, 2.75) is 58.5 Å². The maximum atomic E-state index is 14.4. The third-order valence-corrected chi connectivity index (χ3v) is 9.65. The first-order valence-corrected chi connectivity index (χ1v) is 16.8. The van der Waals surface area contributed by atoms with Gasteiger partial charge in [0.1, 0.15) is 12.6 Å². The number of rotatable bonds is 14. The minimum atomic E-state index is -4.34. The van der Waals surface area contributed by atoms with E-state index in [1.54, 1.807) is 37.3 Å². The first kappa shape index (κ1) is 36.0. The zero-order valence-corrected chi connectivity index (χ0v) is 29.0. The van der Waals surface area contributed by atoms with E-state index >= 15 is 0 Å². The summed E-state index contributed by atoms with van der Waals surface area (Å²) in [6.45, 7) is 9.11. The highest BCUT2D eigenvalue weighted by Gasteiger charge is 2.35. The van der Waals surface area contributed by atoms with E-state index in [0.717, 1.165) is 15.4 Å². The summed E-state index contributed by atoms with van der Waals surface area (Å²) in [4.78, 5) is 29.1. The summed E-state index contributed by atoms with van der Waals surface area (Å²) in [5, 5.41) is 3.55. The number of aryl methyl sites for hydroxylation is 2. The van der Waals surface area contributed by atoms with E-state index in [-0.39, 0.29) is 35.4 Å². The van der Waals surface area contributed by atoms with Gasteiger partial charge in [-0.25, -0.2) is 8.42 Å². The van der Waals surface area contributed by atoms with E-state index in [9.17, 15) is 18.0 Å². The molecule has 3 aromatic rings. The second kappa shape index (κ2) is 15.7. The van der Waals surface area contributed by atoms with Crippen molar-refractivity contribution in [3.05, 3.63) is 81.3 Å². The third kappa shape index (κ3) is 8.83. The topological polar surface area (TPSA) is 105 Å². The molecule has 0 saturated heterocycles. The van der Waals surface area contributed by atoms with Gasteiger partial charge >= 0.3 is 0 Å². The molecule has 0 aromatic heterocycles. The van der Waals surface area contributed by atoms with Crippen molar-refractivity contribution in [1.82, 2.24) is 10.2 Å². The summed E-state index contributed by atoms with van der Waals surface area (Å²) in [5.41, 5.74) is 2.36. The number of nitrogens with zero attached hydrogens (tertiary/aromatic N) is 2. The van der Waals surface area contributed by atoms with Crippen molar-refractivity contribution in [2.24, 2.45) is 5.92 Å². The largest absolute Gasteiger partial charge is 0.493 e. The van der Waals surface area contributed by atoms with Gasteiger partial charge in [-0.15, -0.1) is 0 Å². The molecular formula is C33H41Cl2N3O6S. The smallest absolute Gasteiger partial charge is 0.264 e. The van der Waals surface area contributed by atoms with Gasteiger partial charge in [0.15, 0.2) is 11.5 Å². The number of benzene rings is 3. The van der Waals surface area contributed by atoms with Gasteiger partial charge in [-0.05, 0) is 73.7 Å². The highest BCUT2D eigenvalue weighted by Crippen LogP contribution is 2.33. The number of carbonyl (C=O) groups excluding carboxylic acids is 2. The molecule has 0 spiro atoms. The molecule has 0 radical (unpaired) electrons. The van der Waals surface area contributed by atoms with Crippen molar-refractivity contribution in [2.75, 3.05) is 31.6 Å². The van der Waals surface area contributed by atoms with Crippen LogP contribution in [0.1, 0.15) is 43.9 Å². The molecule has 244 valence electrons. The zero-order chi connectivity index (χ0) is 33.5. The number of sulfonamides is 1. The molecule has 0 aliphatic heterocycles. The van der Waals surface area contributed by atoms with Crippen molar-refractivity contribution >= 4 is 50.7 Å². The molecule has 0 saturated carbocycles. The fourth-order valence-corrected chi connectivity index (χ4v) is 6.85. The Balaban J connectivity index is 2.16. The minimum Gasteiger partial charge on any atom is -0.493 e. The van der Waals surface area contributed by atoms with Gasteiger partial charge in [-0.2, -0.15) is 0 Å². The van der Waals surface area contributed by atoms with Gasteiger partial charge in [0.2, 0.25) is 11.8 Å². The Labute approximate surface area is 276 Å². The maximum absolute atomic E-state index is 14.4. The molecule has 2 amide bonds. The van der Waals surface area contributed by atoms with E-state index < -0.39 is 28.5 Å². The molecule has 12 heteroatoms. The second-order valence-corrected chi connectivity index (χ2v) is 13.8. The van der Waals surface area contributed by atoms with Crippen LogP contribution in [0.3, 0.4) is 0 Å². The fraction of sp³-hybridized carbons (Fsp3) is 0.394. The Bertz CT molecular complexity index is 1590. The zero-order valence-electron chi connectivity index (χ0n) is 26.7. The standard InChI is InChI=1S/C33H41Cl2N3O6S/c1-8-29(33(40)36-18-21(2)3)37(19-26-27(34)10-9-11-28(26)35)32(39)20-38(24-15-22(4)14-23(5)16-24)45(41,42)25-12-13-30(43-6)31(17-25)44-7/h9-17,21,29H,8,18-20H2,1-7H3,(H,36,40)/t29-/m0/s1. The minimum absolute atomic E-state index is 0.102. The molecule has 0 bridgehead atoms. The Kier molecular flexibility index (Phi) is 12.6. The lowest BCUT2D eigenvalue weighted by molar-refractivity contribution is -0.140. The van der Waals surface area contributed by atoms with Crippen LogP contribution in [0, 0.1) is 19.8 Å². The van der Waals surface area contributed by atoms with Crippen LogP contribution in [0.15, 0.2) is 59.5 Å². The summed E-state index contributed by atoms with van der Waals surface area (Å²) in [6.07, 6.45) is 0.268. The van der Waals surface area contributed by atoms with Crippen molar-refractivity contribution in [3.8, 4) is 11.5 Å². The average molecular weight is 679 g/mol. The lowest BCUT2D eigenvalue weighted by Gasteiger charge is -2.34. The molecule has 0 aliphatic rings. The molecule has 45 heavy (non-hydrogen) atoms. The monoisotopic (exact) mass is 677 g/mol. The lowest BCUT2D eigenvalue weighted by Crippen LogP contribution is -2.52. The number of hydrogen-bond donors (Lipinski definition) is 1. The van der Waals surface area contributed by atoms with Crippen LogP contribution in [0.4, 0.5) is 5.69 Å². The number of anilines is 1. The summed E-state index contributed by atoms with van der Waals surface area (Å²) in [7, 11) is -1.48. The quantitative estimate of drug-likeness (QED) is 0.212. The van der Waals surface area contributed by atoms with Crippen LogP contribution in [0.2, 0.25) is 10.0 Å². The molecule has 1 atom stereocenters. The van der Waals surface area contributed by atoms with Gasteiger partial charge in [0.25, 0.3) is 10.0 Å². The number of hydrogen-bond acceptors (Lipinski definition) is 6. The SMILES string of the molecule is CC[C@@H](C(=O)NCC(C)C)N(Cc1c(Cl)cccc1Cl)C(=O)CN(c1cc(C)cc(C)c1)S(=O)(=O)c1ccc(OC)c(OC)c1. The predicted molar refractivity (Wildman–Crippen MR) is 179 cm³/mol. The van der Waals surface area contributed by atoms with E-state index in [1.165, 1.54) is 37.3 Å². The van der Waals surface area contributed by atoms with Crippen LogP contribution in [0.5, 0.6) is 11.5 Å². The van der Waals surface area contributed by atoms with E-state index in [1.807, 2.05) is 33.8 Å². The van der Waals surface area contributed by atoms with E-state index in [2.05, 4.69) is 5.32 Å². The number of halogens is 2. The molecule has 3 rings (SSSR count). The second-order valence-electron chi connectivity index (χ2n) is 11.2. The van der Waals surface area contributed by atoms with E-state index in [0.29, 0.717) is 33.6 Å². The number of amides is 2. The van der Waals surface area contributed by atoms with E-state index in [4.69, 9.17) is 32.7 Å².